The molecule has 0 radical (unpaired) electrons. The lowest BCUT2D eigenvalue weighted by atomic mass is 9.77. The number of hydrogen-bond donors (Lipinski definition) is 1. The summed E-state index contributed by atoms with van der Waals surface area (Å²) in [4.78, 5) is 17.2. The van der Waals surface area contributed by atoms with Gasteiger partial charge in [0.2, 0.25) is 0 Å². The summed E-state index contributed by atoms with van der Waals surface area (Å²) in [5, 5.41) is 21.1. The van der Waals surface area contributed by atoms with Gasteiger partial charge in [-0.15, -0.1) is 5.10 Å². The fraction of sp³-hybridized carbons (Fsp3) is 0.150. The first-order chi connectivity index (χ1) is 23.6. The second-order valence-corrected chi connectivity index (χ2v) is 12.0. The Balaban J connectivity index is 1.32. The van der Waals surface area contributed by atoms with Gasteiger partial charge < -0.3 is 9.84 Å². The van der Waals surface area contributed by atoms with Gasteiger partial charge in [-0.1, -0.05) is 109 Å². The van der Waals surface area contributed by atoms with Crippen molar-refractivity contribution in [2.75, 3.05) is 6.61 Å². The van der Waals surface area contributed by atoms with Crippen molar-refractivity contribution in [2.45, 2.75) is 31.0 Å². The zero-order valence-corrected chi connectivity index (χ0v) is 26.2. The van der Waals surface area contributed by atoms with Crippen molar-refractivity contribution in [1.82, 2.24) is 24.5 Å². The highest BCUT2D eigenvalue weighted by Crippen LogP contribution is 2.41. The van der Waals surface area contributed by atoms with Crippen molar-refractivity contribution < 1.29 is 14.6 Å². The molecule has 1 unspecified atom stereocenters. The zero-order chi connectivity index (χ0) is 32.5. The third-order valence-corrected chi connectivity index (χ3v) is 9.22. The van der Waals surface area contributed by atoms with Gasteiger partial charge in [0.15, 0.2) is 12.1 Å². The number of carboxylic acid groups (broad SMARTS) is 1. The van der Waals surface area contributed by atoms with E-state index in [0.29, 0.717) is 23.7 Å². The first-order valence-electron chi connectivity index (χ1n) is 16.2. The van der Waals surface area contributed by atoms with Gasteiger partial charge in [0, 0.05) is 23.1 Å². The molecular formula is C40H33N5O3. The van der Waals surface area contributed by atoms with E-state index < -0.39 is 11.5 Å². The highest BCUT2D eigenvalue weighted by atomic mass is 16.5. The van der Waals surface area contributed by atoms with Crippen LogP contribution in [0.4, 0.5) is 0 Å². The average molecular weight is 632 g/mol. The van der Waals surface area contributed by atoms with E-state index in [2.05, 4.69) is 36.4 Å². The molecule has 0 bridgehead atoms. The van der Waals surface area contributed by atoms with E-state index in [-0.39, 0.29) is 11.8 Å². The fourth-order valence-corrected chi connectivity index (χ4v) is 6.98. The summed E-state index contributed by atoms with van der Waals surface area (Å²) < 4.78 is 9.99. The monoisotopic (exact) mass is 631 g/mol. The highest BCUT2D eigenvalue weighted by Gasteiger charge is 2.39. The molecule has 1 fully saturated rings. The van der Waals surface area contributed by atoms with Crippen LogP contribution in [-0.2, 0) is 10.3 Å². The van der Waals surface area contributed by atoms with Gasteiger partial charge in [-0.3, -0.25) is 0 Å². The zero-order valence-electron chi connectivity index (χ0n) is 26.2. The summed E-state index contributed by atoms with van der Waals surface area (Å²) >= 11 is 0. The number of nitrogens with zero attached hydrogens (tertiary/aromatic N) is 5. The highest BCUT2D eigenvalue weighted by molar-refractivity contribution is 6.02. The molecule has 1 atom stereocenters. The van der Waals surface area contributed by atoms with Crippen LogP contribution in [0.3, 0.4) is 0 Å². The summed E-state index contributed by atoms with van der Waals surface area (Å²) in [6, 6.07) is 44.1. The minimum absolute atomic E-state index is 0.194. The molecule has 0 spiro atoms. The molecule has 1 N–H and O–H groups in total. The van der Waals surface area contributed by atoms with Crippen LogP contribution in [0.1, 0.15) is 52.5 Å². The van der Waals surface area contributed by atoms with Crippen LogP contribution in [0.25, 0.3) is 33.5 Å². The third kappa shape index (κ3) is 4.98. The molecule has 8 rings (SSSR count). The molecule has 1 aliphatic rings. The van der Waals surface area contributed by atoms with Crippen LogP contribution in [0, 0.1) is 0 Å². The van der Waals surface area contributed by atoms with Crippen molar-refractivity contribution in [3.63, 3.8) is 0 Å². The van der Waals surface area contributed by atoms with Crippen LogP contribution >= 0.6 is 0 Å². The molecule has 0 aliphatic carbocycles. The first kappa shape index (κ1) is 29.5. The maximum absolute atomic E-state index is 12.3. The number of aromatic carboxylic acids is 1. The Morgan fingerprint density at radius 1 is 0.750 bits per heavy atom. The van der Waals surface area contributed by atoms with Crippen LogP contribution < -0.4 is 0 Å². The van der Waals surface area contributed by atoms with Gasteiger partial charge in [-0.05, 0) is 60.2 Å². The summed E-state index contributed by atoms with van der Waals surface area (Å²) in [5.74, 6) is -0.457. The van der Waals surface area contributed by atoms with Gasteiger partial charge in [0.25, 0.3) is 0 Å². The minimum Gasteiger partial charge on any atom is -0.478 e. The molecular weight excluding hydrogens is 598 g/mol. The quantitative estimate of drug-likeness (QED) is 0.170. The van der Waals surface area contributed by atoms with Crippen molar-refractivity contribution in [1.29, 1.82) is 0 Å². The van der Waals surface area contributed by atoms with E-state index in [9.17, 15) is 9.90 Å². The number of hydrogen-bond acceptors (Lipinski definition) is 5. The summed E-state index contributed by atoms with van der Waals surface area (Å²) in [6.45, 7) is 0.665. The fourth-order valence-electron chi connectivity index (χ4n) is 6.98. The number of rotatable bonds is 8. The van der Waals surface area contributed by atoms with Crippen molar-refractivity contribution >= 4 is 16.9 Å². The van der Waals surface area contributed by atoms with Gasteiger partial charge in [-0.2, -0.15) is 5.10 Å². The summed E-state index contributed by atoms with van der Waals surface area (Å²) in [5.41, 5.74) is 5.35. The van der Waals surface area contributed by atoms with Gasteiger partial charge >= 0.3 is 5.97 Å². The summed E-state index contributed by atoms with van der Waals surface area (Å²) in [7, 11) is 0. The Bertz CT molecular complexity index is 2110. The van der Waals surface area contributed by atoms with Gasteiger partial charge in [0.05, 0.1) is 11.1 Å². The van der Waals surface area contributed by atoms with Crippen molar-refractivity contribution in [3.8, 4) is 22.6 Å². The lowest BCUT2D eigenvalue weighted by molar-refractivity contribution is -0.0365. The topological polar surface area (TPSA) is 95.1 Å². The molecule has 48 heavy (non-hydrogen) atoms. The molecule has 8 heteroatoms. The smallest absolute Gasteiger partial charge is 0.336 e. The Hall–Kier alpha value is -5.86. The predicted octanol–water partition coefficient (Wildman–Crippen LogP) is 8.20. The second-order valence-electron chi connectivity index (χ2n) is 12.0. The Morgan fingerprint density at radius 2 is 1.38 bits per heavy atom. The van der Waals surface area contributed by atoms with Crippen LogP contribution in [0.2, 0.25) is 0 Å². The molecule has 7 aromatic rings. The standard InChI is InChI=1S/C40H33N5O3/c46-39(47)33-21-11-10-20-32(33)37-34-26-28(23-24-35(34)45(42-37)36-22-12-13-25-48-36)38-41-27-44(43-38)40(29-14-4-1-5-15-29,30-16-6-2-7-17-30)31-18-8-3-9-19-31/h1-11,14-21,23-24,26-27,36H,12-13,22,25H2,(H,46,47). The molecule has 8 nitrogen and oxygen atoms in total. The molecule has 3 heterocycles. The van der Waals surface area contributed by atoms with Gasteiger partial charge in [-0.25, -0.2) is 19.1 Å². The summed E-state index contributed by atoms with van der Waals surface area (Å²) in [6.07, 6.45) is 4.47. The lowest BCUT2D eigenvalue weighted by Gasteiger charge is -2.35. The van der Waals surface area contributed by atoms with Crippen LogP contribution in [-0.4, -0.2) is 42.2 Å². The molecule has 5 aromatic carbocycles. The normalized spacial score (nSPS) is 15.0. The predicted molar refractivity (Wildman–Crippen MR) is 185 cm³/mol. The SMILES string of the molecule is O=C(O)c1ccccc1-c1nn(C2CCCCO2)c2ccc(-c3ncn(C(c4ccccc4)(c4ccccc4)c4ccccc4)n3)cc12. The molecule has 0 amide bonds. The van der Waals surface area contributed by atoms with E-state index in [0.717, 1.165) is 52.4 Å². The average Bonchev–Trinajstić information content (AvgIpc) is 3.80. The van der Waals surface area contributed by atoms with Crippen molar-refractivity contribution in [2.24, 2.45) is 0 Å². The van der Waals surface area contributed by atoms with Crippen LogP contribution in [0.15, 0.2) is 140 Å². The third-order valence-electron chi connectivity index (χ3n) is 9.22. The largest absolute Gasteiger partial charge is 0.478 e. The number of carboxylic acids is 1. The second kappa shape index (κ2) is 12.4. The number of benzene rings is 5. The first-order valence-corrected chi connectivity index (χ1v) is 16.2. The van der Waals surface area contributed by atoms with E-state index in [1.165, 1.54) is 0 Å². The minimum atomic E-state index is -1.00. The molecule has 0 saturated carbocycles. The molecule has 236 valence electrons. The van der Waals surface area contributed by atoms with E-state index in [4.69, 9.17) is 19.9 Å². The Labute approximate surface area is 277 Å². The number of carbonyl (C=O) groups is 1. The van der Waals surface area contributed by atoms with E-state index >= 15 is 0 Å². The van der Waals surface area contributed by atoms with E-state index in [1.54, 1.807) is 18.5 Å². The number of fused-ring (bicyclic) bond motifs is 1. The number of ether oxygens (including phenoxy) is 1. The Kier molecular flexibility index (Phi) is 7.62. The van der Waals surface area contributed by atoms with Gasteiger partial charge in [0.1, 0.15) is 17.6 Å². The van der Waals surface area contributed by atoms with E-state index in [1.807, 2.05) is 94.3 Å². The lowest BCUT2D eigenvalue weighted by Crippen LogP contribution is -2.38. The number of aromatic nitrogens is 5. The molecule has 1 aliphatic heterocycles. The maximum Gasteiger partial charge on any atom is 0.336 e. The molecule has 2 aromatic heterocycles. The molecule has 1 saturated heterocycles. The Morgan fingerprint density at radius 3 is 1.98 bits per heavy atom. The van der Waals surface area contributed by atoms with Crippen LogP contribution in [0.5, 0.6) is 0 Å². The maximum atomic E-state index is 12.3. The van der Waals surface area contributed by atoms with Crippen molar-refractivity contribution in [3.05, 3.63) is 162 Å².